The standard InChI is InChI=1S/C17H27N3O2S/c1-3-20(4-2)23(21,22)18-15-10-12-19-11-9-14-7-5-6-8-16(14)17(19)13-15/h5-8,15,17-18H,3-4,9-13H2,1-2H3/t15-,17+/m1/s1. The third-order valence-corrected chi connectivity index (χ3v) is 6.98. The Morgan fingerprint density at radius 1 is 1.22 bits per heavy atom. The Labute approximate surface area is 139 Å². The number of benzene rings is 1. The van der Waals surface area contributed by atoms with E-state index in [4.69, 9.17) is 0 Å². The van der Waals surface area contributed by atoms with Crippen molar-refractivity contribution in [2.75, 3.05) is 26.2 Å². The summed E-state index contributed by atoms with van der Waals surface area (Å²) in [4.78, 5) is 2.50. The summed E-state index contributed by atoms with van der Waals surface area (Å²) in [5.41, 5.74) is 2.80. The first-order valence-electron chi connectivity index (χ1n) is 8.64. The van der Waals surface area contributed by atoms with Gasteiger partial charge in [-0.2, -0.15) is 17.4 Å². The van der Waals surface area contributed by atoms with Crippen LogP contribution in [0.5, 0.6) is 0 Å². The highest BCUT2D eigenvalue weighted by Gasteiger charge is 2.35. The fraction of sp³-hybridized carbons (Fsp3) is 0.647. The van der Waals surface area contributed by atoms with Gasteiger partial charge in [0, 0.05) is 38.3 Å². The summed E-state index contributed by atoms with van der Waals surface area (Å²) in [7, 11) is -3.37. The molecule has 128 valence electrons. The number of rotatable bonds is 5. The molecule has 1 N–H and O–H groups in total. The molecule has 0 amide bonds. The van der Waals surface area contributed by atoms with Crippen molar-refractivity contribution in [2.24, 2.45) is 0 Å². The number of hydrogen-bond donors (Lipinski definition) is 1. The fourth-order valence-electron chi connectivity index (χ4n) is 3.91. The minimum absolute atomic E-state index is 0.0213. The Kier molecular flexibility index (Phi) is 5.06. The quantitative estimate of drug-likeness (QED) is 0.893. The van der Waals surface area contributed by atoms with Gasteiger partial charge in [-0.1, -0.05) is 38.1 Å². The molecule has 0 bridgehead atoms. The van der Waals surface area contributed by atoms with Crippen LogP contribution in [-0.4, -0.2) is 49.8 Å². The molecule has 1 aromatic rings. The lowest BCUT2D eigenvalue weighted by atomic mass is 9.85. The summed E-state index contributed by atoms with van der Waals surface area (Å²) in [6.45, 7) is 6.82. The normalized spacial score (nSPS) is 25.2. The number of nitrogens with zero attached hydrogens (tertiary/aromatic N) is 2. The van der Waals surface area contributed by atoms with Crippen molar-refractivity contribution in [2.45, 2.75) is 45.2 Å². The van der Waals surface area contributed by atoms with E-state index in [1.807, 2.05) is 13.8 Å². The number of fused-ring (bicyclic) bond motifs is 3. The highest BCUT2D eigenvalue weighted by Crippen LogP contribution is 2.36. The van der Waals surface area contributed by atoms with Crippen LogP contribution >= 0.6 is 0 Å². The minimum Gasteiger partial charge on any atom is -0.296 e. The lowest BCUT2D eigenvalue weighted by Gasteiger charge is -2.43. The molecule has 23 heavy (non-hydrogen) atoms. The largest absolute Gasteiger partial charge is 0.296 e. The first kappa shape index (κ1) is 16.9. The zero-order chi connectivity index (χ0) is 16.4. The summed E-state index contributed by atoms with van der Waals surface area (Å²) in [5, 5.41) is 0. The van der Waals surface area contributed by atoms with Crippen molar-refractivity contribution in [1.29, 1.82) is 0 Å². The molecule has 2 atom stereocenters. The molecule has 2 aliphatic heterocycles. The molecule has 3 rings (SSSR count). The first-order valence-corrected chi connectivity index (χ1v) is 10.1. The molecular weight excluding hydrogens is 310 g/mol. The van der Waals surface area contributed by atoms with Crippen LogP contribution in [-0.2, 0) is 16.6 Å². The summed E-state index contributed by atoms with van der Waals surface area (Å²) in [6.07, 6.45) is 2.85. The van der Waals surface area contributed by atoms with E-state index in [9.17, 15) is 8.42 Å². The molecule has 1 fully saturated rings. The van der Waals surface area contributed by atoms with Crippen molar-refractivity contribution in [3.05, 3.63) is 35.4 Å². The van der Waals surface area contributed by atoms with Crippen molar-refractivity contribution in [1.82, 2.24) is 13.9 Å². The van der Waals surface area contributed by atoms with Gasteiger partial charge in [-0.25, -0.2) is 0 Å². The average Bonchev–Trinajstić information content (AvgIpc) is 2.55. The van der Waals surface area contributed by atoms with Gasteiger partial charge in [-0.05, 0) is 30.4 Å². The number of nitrogens with one attached hydrogen (secondary N) is 1. The van der Waals surface area contributed by atoms with E-state index >= 15 is 0 Å². The molecule has 0 spiro atoms. The third kappa shape index (κ3) is 3.45. The minimum atomic E-state index is -3.37. The van der Waals surface area contributed by atoms with E-state index in [0.717, 1.165) is 32.4 Å². The number of hydrogen-bond acceptors (Lipinski definition) is 3. The predicted octanol–water partition coefficient (Wildman–Crippen LogP) is 1.92. The molecule has 0 aliphatic carbocycles. The summed E-state index contributed by atoms with van der Waals surface area (Å²) < 4.78 is 29.4. The van der Waals surface area contributed by atoms with Gasteiger partial charge in [-0.15, -0.1) is 0 Å². The zero-order valence-electron chi connectivity index (χ0n) is 14.0. The van der Waals surface area contributed by atoms with E-state index in [0.29, 0.717) is 19.1 Å². The molecule has 0 aromatic heterocycles. The second kappa shape index (κ2) is 6.89. The second-order valence-corrected chi connectivity index (χ2v) is 8.13. The lowest BCUT2D eigenvalue weighted by molar-refractivity contribution is 0.121. The van der Waals surface area contributed by atoms with Gasteiger partial charge < -0.3 is 0 Å². The predicted molar refractivity (Wildman–Crippen MR) is 92.5 cm³/mol. The monoisotopic (exact) mass is 337 g/mol. The fourth-order valence-corrected chi connectivity index (χ4v) is 5.38. The highest BCUT2D eigenvalue weighted by molar-refractivity contribution is 7.87. The van der Waals surface area contributed by atoms with E-state index < -0.39 is 10.2 Å². The van der Waals surface area contributed by atoms with Gasteiger partial charge in [0.05, 0.1) is 0 Å². The molecule has 6 heteroatoms. The smallest absolute Gasteiger partial charge is 0.279 e. The molecule has 0 unspecified atom stereocenters. The molecule has 1 aromatic carbocycles. The maximum Gasteiger partial charge on any atom is 0.279 e. The van der Waals surface area contributed by atoms with Crippen LogP contribution < -0.4 is 4.72 Å². The third-order valence-electron chi connectivity index (χ3n) is 5.16. The van der Waals surface area contributed by atoms with E-state index in [2.05, 4.69) is 33.9 Å². The van der Waals surface area contributed by atoms with Gasteiger partial charge in [0.1, 0.15) is 0 Å². The molecular formula is C17H27N3O2S. The zero-order valence-corrected chi connectivity index (χ0v) is 14.8. The lowest BCUT2D eigenvalue weighted by Crippen LogP contribution is -2.51. The van der Waals surface area contributed by atoms with Crippen molar-refractivity contribution in [3.8, 4) is 0 Å². The summed E-state index contributed by atoms with van der Waals surface area (Å²) in [5.74, 6) is 0. The molecule has 0 saturated carbocycles. The van der Waals surface area contributed by atoms with E-state index in [1.165, 1.54) is 15.4 Å². The van der Waals surface area contributed by atoms with Crippen molar-refractivity contribution in [3.63, 3.8) is 0 Å². The molecule has 5 nitrogen and oxygen atoms in total. The molecule has 2 aliphatic rings. The Balaban J connectivity index is 1.74. The average molecular weight is 337 g/mol. The topological polar surface area (TPSA) is 52.7 Å². The number of piperidine rings is 1. The van der Waals surface area contributed by atoms with Crippen LogP contribution in [0.1, 0.15) is 43.9 Å². The van der Waals surface area contributed by atoms with Gasteiger partial charge in [0.25, 0.3) is 10.2 Å². The van der Waals surface area contributed by atoms with Crippen molar-refractivity contribution < 1.29 is 8.42 Å². The first-order chi connectivity index (χ1) is 11.0. The molecule has 0 radical (unpaired) electrons. The highest BCUT2D eigenvalue weighted by atomic mass is 32.2. The van der Waals surface area contributed by atoms with Crippen LogP contribution in [0.3, 0.4) is 0 Å². The Morgan fingerprint density at radius 2 is 1.96 bits per heavy atom. The Morgan fingerprint density at radius 3 is 2.70 bits per heavy atom. The summed E-state index contributed by atoms with van der Waals surface area (Å²) in [6, 6.07) is 8.96. The van der Waals surface area contributed by atoms with Crippen LogP contribution in [0.25, 0.3) is 0 Å². The Hall–Kier alpha value is -0.950. The molecule has 2 heterocycles. The van der Waals surface area contributed by atoms with Crippen molar-refractivity contribution >= 4 is 10.2 Å². The Bertz CT molecular complexity index is 643. The van der Waals surface area contributed by atoms with Gasteiger partial charge in [-0.3, -0.25) is 4.90 Å². The second-order valence-electron chi connectivity index (χ2n) is 6.43. The maximum atomic E-state index is 12.5. The van der Waals surface area contributed by atoms with Crippen LogP contribution in [0, 0.1) is 0 Å². The van der Waals surface area contributed by atoms with Gasteiger partial charge in [0.2, 0.25) is 0 Å². The summed E-state index contributed by atoms with van der Waals surface area (Å²) >= 11 is 0. The SMILES string of the molecule is CCN(CC)S(=O)(=O)N[C@@H]1CCN2CCc3ccccc3[C@@H]2C1. The van der Waals surface area contributed by atoms with Crippen LogP contribution in [0.4, 0.5) is 0 Å². The maximum absolute atomic E-state index is 12.5. The van der Waals surface area contributed by atoms with E-state index in [1.54, 1.807) is 0 Å². The van der Waals surface area contributed by atoms with Crippen LogP contribution in [0.15, 0.2) is 24.3 Å². The molecule has 1 saturated heterocycles. The van der Waals surface area contributed by atoms with E-state index in [-0.39, 0.29) is 6.04 Å². The van der Waals surface area contributed by atoms with Crippen LogP contribution in [0.2, 0.25) is 0 Å². The van der Waals surface area contributed by atoms with Gasteiger partial charge >= 0.3 is 0 Å². The van der Waals surface area contributed by atoms with Gasteiger partial charge in [0.15, 0.2) is 0 Å².